The quantitative estimate of drug-likeness (QED) is 0.376. The average Bonchev–Trinajstić information content (AvgIpc) is 3.05. The lowest BCUT2D eigenvalue weighted by molar-refractivity contribution is -0.138. The maximum atomic E-state index is 13.7. The van der Waals surface area contributed by atoms with Crippen LogP contribution in [0.15, 0.2) is 72.8 Å². The molecule has 3 nitrogen and oxygen atoms in total. The summed E-state index contributed by atoms with van der Waals surface area (Å²) < 4.78 is 41.1. The molecular formula is C27H23F3N2OS. The van der Waals surface area contributed by atoms with E-state index >= 15 is 0 Å². The molecule has 1 aliphatic heterocycles. The maximum absolute atomic E-state index is 13.7. The van der Waals surface area contributed by atoms with E-state index in [1.165, 1.54) is 11.0 Å². The molecule has 2 fully saturated rings. The standard InChI is InChI=1S/C27H23F3N2OS/c1-2-18-9-14-22(17-23(18)27(28,29)30)31-24(33)26(15-6-16-26)32(25(31)34)21-12-10-20(11-13-21)19-7-4-3-5-8-19/h3-5,7-14,17H,2,6,15-16H2,1H3. The minimum atomic E-state index is -4.51. The first-order chi connectivity index (χ1) is 16.3. The zero-order valence-electron chi connectivity index (χ0n) is 18.6. The number of hydrogen-bond acceptors (Lipinski definition) is 2. The van der Waals surface area contributed by atoms with Gasteiger partial charge in [-0.3, -0.25) is 9.69 Å². The number of benzene rings is 3. The molecule has 0 radical (unpaired) electrons. The Morgan fingerprint density at radius 2 is 1.53 bits per heavy atom. The van der Waals surface area contributed by atoms with Crippen molar-refractivity contribution in [3.8, 4) is 11.1 Å². The lowest BCUT2D eigenvalue weighted by Gasteiger charge is -2.43. The summed E-state index contributed by atoms with van der Waals surface area (Å²) in [6.07, 6.45) is -2.17. The molecule has 1 saturated heterocycles. The number of nitrogens with zero attached hydrogens (tertiary/aromatic N) is 2. The van der Waals surface area contributed by atoms with Crippen molar-refractivity contribution >= 4 is 34.6 Å². The van der Waals surface area contributed by atoms with Gasteiger partial charge in [0.2, 0.25) is 0 Å². The summed E-state index contributed by atoms with van der Waals surface area (Å²) in [5.41, 5.74) is 1.66. The molecule has 2 aliphatic rings. The highest BCUT2D eigenvalue weighted by Crippen LogP contribution is 2.48. The first kappa shape index (κ1) is 22.6. The van der Waals surface area contributed by atoms with Gasteiger partial charge in [-0.15, -0.1) is 0 Å². The fourth-order valence-electron chi connectivity index (χ4n) is 4.92. The number of hydrogen-bond donors (Lipinski definition) is 0. The van der Waals surface area contributed by atoms with Gasteiger partial charge >= 0.3 is 6.18 Å². The molecule has 0 bridgehead atoms. The van der Waals surface area contributed by atoms with Crippen LogP contribution in [-0.4, -0.2) is 16.6 Å². The van der Waals surface area contributed by atoms with E-state index in [9.17, 15) is 18.0 Å². The predicted octanol–water partition coefficient (Wildman–Crippen LogP) is 7.00. The van der Waals surface area contributed by atoms with Crippen molar-refractivity contribution in [3.63, 3.8) is 0 Å². The van der Waals surface area contributed by atoms with E-state index in [-0.39, 0.29) is 28.7 Å². The van der Waals surface area contributed by atoms with E-state index in [1.54, 1.807) is 13.0 Å². The Morgan fingerprint density at radius 3 is 2.09 bits per heavy atom. The number of alkyl halides is 3. The molecule has 174 valence electrons. The zero-order chi connectivity index (χ0) is 24.1. The Morgan fingerprint density at radius 1 is 0.912 bits per heavy atom. The van der Waals surface area contributed by atoms with E-state index < -0.39 is 17.3 Å². The Labute approximate surface area is 201 Å². The van der Waals surface area contributed by atoms with Crippen LogP contribution in [0, 0.1) is 0 Å². The second-order valence-corrected chi connectivity index (χ2v) is 9.11. The molecule has 0 N–H and O–H groups in total. The van der Waals surface area contributed by atoms with E-state index in [4.69, 9.17) is 12.2 Å². The van der Waals surface area contributed by atoms with Gasteiger partial charge in [0.1, 0.15) is 5.54 Å². The highest BCUT2D eigenvalue weighted by Gasteiger charge is 2.59. The highest BCUT2D eigenvalue weighted by molar-refractivity contribution is 7.81. The van der Waals surface area contributed by atoms with Gasteiger partial charge in [0.15, 0.2) is 5.11 Å². The second kappa shape index (κ2) is 8.24. The Hall–Kier alpha value is -3.19. The number of carbonyl (C=O) groups is 1. The normalized spacial score (nSPS) is 17.4. The minimum Gasteiger partial charge on any atom is -0.303 e. The Kier molecular flexibility index (Phi) is 5.47. The van der Waals surface area contributed by atoms with Crippen molar-refractivity contribution in [3.05, 3.63) is 83.9 Å². The largest absolute Gasteiger partial charge is 0.416 e. The lowest BCUT2D eigenvalue weighted by Crippen LogP contribution is -2.55. The molecule has 0 unspecified atom stereocenters. The van der Waals surface area contributed by atoms with Crippen LogP contribution in [0.2, 0.25) is 0 Å². The molecular weight excluding hydrogens is 457 g/mol. The number of amides is 1. The molecule has 1 heterocycles. The van der Waals surface area contributed by atoms with Gasteiger partial charge in [-0.05, 0) is 78.9 Å². The predicted molar refractivity (Wildman–Crippen MR) is 132 cm³/mol. The molecule has 1 amide bonds. The number of carbonyl (C=O) groups excluding carboxylic acids is 1. The van der Waals surface area contributed by atoms with Crippen LogP contribution in [0.25, 0.3) is 11.1 Å². The van der Waals surface area contributed by atoms with Crippen molar-refractivity contribution in [2.75, 3.05) is 9.80 Å². The van der Waals surface area contributed by atoms with Crippen molar-refractivity contribution in [2.24, 2.45) is 0 Å². The summed E-state index contributed by atoms with van der Waals surface area (Å²) in [6.45, 7) is 1.68. The van der Waals surface area contributed by atoms with Crippen LogP contribution in [0.1, 0.15) is 37.3 Å². The van der Waals surface area contributed by atoms with Crippen molar-refractivity contribution in [1.29, 1.82) is 0 Å². The van der Waals surface area contributed by atoms with Crippen LogP contribution in [0.4, 0.5) is 24.5 Å². The summed E-state index contributed by atoms with van der Waals surface area (Å²) in [4.78, 5) is 16.7. The lowest BCUT2D eigenvalue weighted by atomic mass is 9.75. The summed E-state index contributed by atoms with van der Waals surface area (Å²) in [5, 5.41) is 0.217. The van der Waals surface area contributed by atoms with Crippen LogP contribution in [-0.2, 0) is 17.4 Å². The van der Waals surface area contributed by atoms with Crippen molar-refractivity contribution in [2.45, 2.75) is 44.3 Å². The number of thiocarbonyl (C=S) groups is 1. The van der Waals surface area contributed by atoms with Gasteiger partial charge in [0, 0.05) is 5.69 Å². The molecule has 1 aliphatic carbocycles. The van der Waals surface area contributed by atoms with Gasteiger partial charge in [0.05, 0.1) is 11.3 Å². The average molecular weight is 481 g/mol. The van der Waals surface area contributed by atoms with Crippen molar-refractivity contribution in [1.82, 2.24) is 0 Å². The summed E-state index contributed by atoms with van der Waals surface area (Å²) in [5.74, 6) is -0.256. The maximum Gasteiger partial charge on any atom is 0.416 e. The molecule has 7 heteroatoms. The van der Waals surface area contributed by atoms with Crippen LogP contribution in [0.5, 0.6) is 0 Å². The first-order valence-corrected chi connectivity index (χ1v) is 11.7. The smallest absolute Gasteiger partial charge is 0.303 e. The van der Waals surface area contributed by atoms with Gasteiger partial charge < -0.3 is 4.90 Å². The number of halogens is 3. The van der Waals surface area contributed by atoms with Crippen LogP contribution in [0.3, 0.4) is 0 Å². The van der Waals surface area contributed by atoms with E-state index in [0.29, 0.717) is 12.8 Å². The monoisotopic (exact) mass is 480 g/mol. The van der Waals surface area contributed by atoms with Crippen LogP contribution < -0.4 is 9.80 Å². The molecule has 34 heavy (non-hydrogen) atoms. The van der Waals surface area contributed by atoms with Crippen LogP contribution >= 0.6 is 12.2 Å². The third-order valence-corrected chi connectivity index (χ3v) is 7.23. The SMILES string of the molecule is CCc1ccc(N2C(=O)C3(CCC3)N(c3ccc(-c4ccccc4)cc3)C2=S)cc1C(F)(F)F. The topological polar surface area (TPSA) is 23.6 Å². The fraction of sp³-hybridized carbons (Fsp3) is 0.259. The molecule has 1 spiro atoms. The number of aryl methyl sites for hydroxylation is 1. The van der Waals surface area contributed by atoms with Gasteiger partial charge in [-0.2, -0.15) is 13.2 Å². The molecule has 3 aromatic rings. The van der Waals surface area contributed by atoms with Gasteiger partial charge in [-0.1, -0.05) is 55.5 Å². The number of rotatable bonds is 4. The third-order valence-electron chi connectivity index (χ3n) is 6.86. The summed E-state index contributed by atoms with van der Waals surface area (Å²) in [7, 11) is 0. The Balaban J connectivity index is 1.54. The van der Waals surface area contributed by atoms with E-state index in [0.717, 1.165) is 29.3 Å². The molecule has 3 aromatic carbocycles. The fourth-order valence-corrected chi connectivity index (χ4v) is 5.39. The Bertz CT molecular complexity index is 1250. The van der Waals surface area contributed by atoms with E-state index in [2.05, 4.69) is 0 Å². The van der Waals surface area contributed by atoms with Gasteiger partial charge in [-0.25, -0.2) is 0 Å². The minimum absolute atomic E-state index is 0.161. The van der Waals surface area contributed by atoms with Gasteiger partial charge in [0.25, 0.3) is 5.91 Å². The highest BCUT2D eigenvalue weighted by atomic mass is 32.1. The van der Waals surface area contributed by atoms with E-state index in [1.807, 2.05) is 59.5 Å². The molecule has 1 saturated carbocycles. The molecule has 0 atom stereocenters. The summed E-state index contributed by atoms with van der Waals surface area (Å²) in [6, 6.07) is 21.8. The molecule has 0 aromatic heterocycles. The zero-order valence-corrected chi connectivity index (χ0v) is 19.4. The summed E-state index contributed by atoms with van der Waals surface area (Å²) >= 11 is 5.73. The van der Waals surface area contributed by atoms with Crippen molar-refractivity contribution < 1.29 is 18.0 Å². The second-order valence-electron chi connectivity index (χ2n) is 8.75. The third kappa shape index (κ3) is 3.50. The number of anilines is 2. The molecule has 5 rings (SSSR count). The first-order valence-electron chi connectivity index (χ1n) is 11.3.